The Morgan fingerprint density at radius 1 is 1.42 bits per heavy atom. The second kappa shape index (κ2) is 6.67. The standard InChI is InChI=1S/C12H25N3O3S/c1-10-9-14(2)6-4-7-15(10)12(16)11(13)5-8-19(3,17)18/h10-11H,4-9,13H2,1-3H3. The maximum Gasteiger partial charge on any atom is 0.239 e. The molecule has 0 aliphatic carbocycles. The van der Waals surface area contributed by atoms with Crippen LogP contribution in [0.2, 0.25) is 0 Å². The Morgan fingerprint density at radius 2 is 2.05 bits per heavy atom. The van der Waals surface area contributed by atoms with Crippen molar-refractivity contribution >= 4 is 15.7 Å². The normalized spacial score (nSPS) is 24.0. The van der Waals surface area contributed by atoms with Gasteiger partial charge in [-0.15, -0.1) is 0 Å². The quantitative estimate of drug-likeness (QED) is 0.740. The fraction of sp³-hybridized carbons (Fsp3) is 0.917. The van der Waals surface area contributed by atoms with Gasteiger partial charge in [0.2, 0.25) is 5.91 Å². The molecule has 2 atom stereocenters. The third-order valence-corrected chi connectivity index (χ3v) is 4.42. The second-order valence-electron chi connectivity index (χ2n) is 5.52. The van der Waals surface area contributed by atoms with Crippen LogP contribution in [-0.4, -0.2) is 74.9 Å². The van der Waals surface area contributed by atoms with E-state index in [1.807, 2.05) is 14.0 Å². The number of hydrogen-bond donors (Lipinski definition) is 1. The van der Waals surface area contributed by atoms with Crippen molar-refractivity contribution in [1.29, 1.82) is 0 Å². The van der Waals surface area contributed by atoms with Gasteiger partial charge in [-0.05, 0) is 33.4 Å². The lowest BCUT2D eigenvalue weighted by Gasteiger charge is -2.30. The maximum atomic E-state index is 12.3. The molecule has 0 bridgehead atoms. The van der Waals surface area contributed by atoms with Gasteiger partial charge in [0.1, 0.15) is 9.84 Å². The van der Waals surface area contributed by atoms with Gasteiger partial charge in [0.15, 0.2) is 0 Å². The summed E-state index contributed by atoms with van der Waals surface area (Å²) in [5, 5.41) is 0. The SMILES string of the molecule is CC1CN(C)CCCN1C(=O)C(N)CCS(C)(=O)=O. The van der Waals surface area contributed by atoms with Gasteiger partial charge in [-0.25, -0.2) is 8.42 Å². The molecule has 1 aliphatic rings. The third-order valence-electron chi connectivity index (χ3n) is 3.45. The molecule has 112 valence electrons. The molecule has 2 N–H and O–H groups in total. The first-order chi connectivity index (χ1) is 8.70. The van der Waals surface area contributed by atoms with Gasteiger partial charge in [-0.1, -0.05) is 0 Å². The summed E-state index contributed by atoms with van der Waals surface area (Å²) in [6.07, 6.45) is 2.27. The van der Waals surface area contributed by atoms with E-state index in [4.69, 9.17) is 5.73 Å². The second-order valence-corrected chi connectivity index (χ2v) is 7.78. The van der Waals surface area contributed by atoms with Crippen molar-refractivity contribution in [1.82, 2.24) is 9.80 Å². The van der Waals surface area contributed by atoms with Crippen LogP contribution in [0.5, 0.6) is 0 Å². The molecule has 2 unspecified atom stereocenters. The summed E-state index contributed by atoms with van der Waals surface area (Å²) >= 11 is 0. The molecule has 1 saturated heterocycles. The Kier molecular flexibility index (Phi) is 5.76. The van der Waals surface area contributed by atoms with E-state index >= 15 is 0 Å². The summed E-state index contributed by atoms with van der Waals surface area (Å²) in [4.78, 5) is 16.3. The van der Waals surface area contributed by atoms with Crippen LogP contribution in [0.1, 0.15) is 19.8 Å². The highest BCUT2D eigenvalue weighted by atomic mass is 32.2. The monoisotopic (exact) mass is 291 g/mol. The summed E-state index contributed by atoms with van der Waals surface area (Å²) in [6.45, 7) is 4.48. The molecule has 1 amide bonds. The largest absolute Gasteiger partial charge is 0.337 e. The van der Waals surface area contributed by atoms with Crippen LogP contribution in [0.3, 0.4) is 0 Å². The smallest absolute Gasteiger partial charge is 0.239 e. The van der Waals surface area contributed by atoms with Crippen molar-refractivity contribution in [2.75, 3.05) is 38.7 Å². The van der Waals surface area contributed by atoms with E-state index in [0.717, 1.165) is 25.8 Å². The van der Waals surface area contributed by atoms with Gasteiger partial charge >= 0.3 is 0 Å². The van der Waals surface area contributed by atoms with E-state index in [-0.39, 0.29) is 24.1 Å². The Hall–Kier alpha value is -0.660. The summed E-state index contributed by atoms with van der Waals surface area (Å²) in [6, 6.07) is -0.607. The molecule has 0 saturated carbocycles. The molecule has 0 radical (unpaired) electrons. The van der Waals surface area contributed by atoms with Crippen LogP contribution in [0.25, 0.3) is 0 Å². The minimum atomic E-state index is -3.07. The lowest BCUT2D eigenvalue weighted by atomic mass is 10.1. The van der Waals surface area contributed by atoms with E-state index in [9.17, 15) is 13.2 Å². The van der Waals surface area contributed by atoms with Gasteiger partial charge in [0.05, 0.1) is 11.8 Å². The lowest BCUT2D eigenvalue weighted by Crippen LogP contribution is -2.49. The minimum absolute atomic E-state index is 0.0397. The molecule has 0 aromatic rings. The zero-order valence-electron chi connectivity index (χ0n) is 12.0. The first-order valence-corrected chi connectivity index (χ1v) is 8.69. The van der Waals surface area contributed by atoms with Crippen LogP contribution < -0.4 is 5.73 Å². The summed E-state index contributed by atoms with van der Waals surface area (Å²) in [5.41, 5.74) is 5.83. The lowest BCUT2D eigenvalue weighted by molar-refractivity contribution is -0.134. The number of likely N-dealkylation sites (N-methyl/N-ethyl adjacent to an activating group) is 1. The molecule has 1 aliphatic heterocycles. The number of amides is 1. The molecule has 1 fully saturated rings. The van der Waals surface area contributed by atoms with Crippen molar-refractivity contribution in [2.45, 2.75) is 31.8 Å². The Labute approximate surface area is 115 Å². The van der Waals surface area contributed by atoms with E-state index in [1.54, 1.807) is 4.90 Å². The van der Waals surface area contributed by atoms with Gasteiger partial charge in [-0.2, -0.15) is 0 Å². The molecule has 1 heterocycles. The van der Waals surface area contributed by atoms with Crippen molar-refractivity contribution in [3.05, 3.63) is 0 Å². The Morgan fingerprint density at radius 3 is 2.63 bits per heavy atom. The van der Waals surface area contributed by atoms with Crippen molar-refractivity contribution < 1.29 is 13.2 Å². The topological polar surface area (TPSA) is 83.7 Å². The molecule has 0 aromatic heterocycles. The van der Waals surface area contributed by atoms with Gasteiger partial charge in [0, 0.05) is 25.4 Å². The Balaban J connectivity index is 2.60. The minimum Gasteiger partial charge on any atom is -0.337 e. The third kappa shape index (κ3) is 5.46. The Bertz CT molecular complexity index is 410. The highest BCUT2D eigenvalue weighted by Crippen LogP contribution is 2.11. The molecule has 19 heavy (non-hydrogen) atoms. The van der Waals surface area contributed by atoms with Gasteiger partial charge in [0.25, 0.3) is 0 Å². The van der Waals surface area contributed by atoms with Crippen LogP contribution >= 0.6 is 0 Å². The van der Waals surface area contributed by atoms with Crippen LogP contribution in [0.4, 0.5) is 0 Å². The highest BCUT2D eigenvalue weighted by molar-refractivity contribution is 7.90. The average Bonchev–Trinajstić information content (AvgIpc) is 2.45. The van der Waals surface area contributed by atoms with E-state index < -0.39 is 15.9 Å². The number of nitrogens with two attached hydrogens (primary N) is 1. The molecular formula is C12H25N3O3S. The fourth-order valence-corrected chi connectivity index (χ4v) is 3.06. The van der Waals surface area contributed by atoms with Crippen LogP contribution in [-0.2, 0) is 14.6 Å². The predicted octanol–water partition coefficient (Wildman–Crippen LogP) is -0.699. The summed E-state index contributed by atoms with van der Waals surface area (Å²) in [5.74, 6) is -0.173. The van der Waals surface area contributed by atoms with Crippen molar-refractivity contribution in [2.24, 2.45) is 5.73 Å². The van der Waals surface area contributed by atoms with Crippen LogP contribution in [0, 0.1) is 0 Å². The molecular weight excluding hydrogens is 266 g/mol. The molecule has 0 spiro atoms. The number of carbonyl (C=O) groups excluding carboxylic acids is 1. The number of hydrogen-bond acceptors (Lipinski definition) is 5. The van der Waals surface area contributed by atoms with Gasteiger partial charge < -0.3 is 15.5 Å². The molecule has 1 rings (SSSR count). The van der Waals surface area contributed by atoms with Crippen molar-refractivity contribution in [3.8, 4) is 0 Å². The molecule has 7 heteroatoms. The summed E-state index contributed by atoms with van der Waals surface area (Å²) < 4.78 is 22.2. The first kappa shape index (κ1) is 16.4. The number of rotatable bonds is 4. The number of nitrogens with zero attached hydrogens (tertiary/aromatic N) is 2. The van der Waals surface area contributed by atoms with E-state index in [0.29, 0.717) is 6.54 Å². The fourth-order valence-electron chi connectivity index (χ4n) is 2.38. The molecule has 6 nitrogen and oxygen atoms in total. The average molecular weight is 291 g/mol. The zero-order chi connectivity index (χ0) is 14.6. The zero-order valence-corrected chi connectivity index (χ0v) is 12.8. The van der Waals surface area contributed by atoms with E-state index in [1.165, 1.54) is 0 Å². The number of carbonyl (C=O) groups is 1. The van der Waals surface area contributed by atoms with Gasteiger partial charge in [-0.3, -0.25) is 4.79 Å². The predicted molar refractivity (Wildman–Crippen MR) is 75.6 cm³/mol. The summed E-state index contributed by atoms with van der Waals surface area (Å²) in [7, 11) is -1.04. The highest BCUT2D eigenvalue weighted by Gasteiger charge is 2.28. The van der Waals surface area contributed by atoms with Crippen molar-refractivity contribution in [3.63, 3.8) is 0 Å². The first-order valence-electron chi connectivity index (χ1n) is 6.63. The molecule has 0 aromatic carbocycles. The van der Waals surface area contributed by atoms with Crippen LogP contribution in [0.15, 0.2) is 0 Å². The number of sulfone groups is 1. The van der Waals surface area contributed by atoms with E-state index in [2.05, 4.69) is 4.90 Å². The maximum absolute atomic E-state index is 12.3.